The minimum atomic E-state index is -0.484. The van der Waals surface area contributed by atoms with Crippen molar-refractivity contribution in [2.24, 2.45) is 5.92 Å². The number of hydrogen-bond acceptors (Lipinski definition) is 3. The van der Waals surface area contributed by atoms with E-state index in [1.807, 2.05) is 0 Å². The van der Waals surface area contributed by atoms with E-state index >= 15 is 0 Å². The number of aliphatic hydroxyl groups is 2. The van der Waals surface area contributed by atoms with Crippen LogP contribution in [0.3, 0.4) is 0 Å². The first-order valence-electron chi connectivity index (χ1n) is 5.47. The van der Waals surface area contributed by atoms with Crippen molar-refractivity contribution in [1.82, 2.24) is 4.90 Å². The third-order valence-corrected chi connectivity index (χ3v) is 2.83. The van der Waals surface area contributed by atoms with Gasteiger partial charge in [0.1, 0.15) is 0 Å². The van der Waals surface area contributed by atoms with E-state index in [-0.39, 0.29) is 11.8 Å². The zero-order valence-electron chi connectivity index (χ0n) is 9.44. The quantitative estimate of drug-likeness (QED) is 0.734. The molecule has 1 atom stereocenters. The molecule has 0 aliphatic heterocycles. The van der Waals surface area contributed by atoms with E-state index in [1.165, 1.54) is 0 Å². The lowest BCUT2D eigenvalue weighted by Gasteiger charge is -2.28. The van der Waals surface area contributed by atoms with E-state index in [9.17, 15) is 15.0 Å². The van der Waals surface area contributed by atoms with Crippen molar-refractivity contribution in [1.29, 1.82) is 0 Å². The van der Waals surface area contributed by atoms with E-state index in [4.69, 9.17) is 0 Å². The lowest BCUT2D eigenvalue weighted by molar-refractivity contribution is -0.136. The van der Waals surface area contributed by atoms with Crippen molar-refractivity contribution in [3.63, 3.8) is 0 Å². The fourth-order valence-corrected chi connectivity index (χ4v) is 2.00. The van der Waals surface area contributed by atoms with Crippen molar-refractivity contribution in [3.8, 4) is 0 Å². The van der Waals surface area contributed by atoms with Gasteiger partial charge in [-0.25, -0.2) is 0 Å². The number of nitrogens with zero attached hydrogens (tertiary/aromatic N) is 1. The Balaban J connectivity index is 2.39. The first kappa shape index (κ1) is 12.5. The molecule has 4 heteroatoms. The summed E-state index contributed by atoms with van der Waals surface area (Å²) < 4.78 is 0. The Morgan fingerprint density at radius 1 is 1.53 bits per heavy atom. The number of amides is 1. The Hall–Kier alpha value is -0.610. The Kier molecular flexibility index (Phi) is 4.54. The minimum absolute atomic E-state index is 0.0182. The maximum atomic E-state index is 11.9. The molecule has 1 aliphatic rings. The molecule has 1 unspecified atom stereocenters. The summed E-state index contributed by atoms with van der Waals surface area (Å²) in [7, 11) is 1.72. The molecule has 0 saturated heterocycles. The maximum Gasteiger partial charge on any atom is 0.225 e. The van der Waals surface area contributed by atoms with Crippen molar-refractivity contribution in [2.45, 2.75) is 38.7 Å². The smallest absolute Gasteiger partial charge is 0.225 e. The van der Waals surface area contributed by atoms with Crippen LogP contribution >= 0.6 is 0 Å². The van der Waals surface area contributed by atoms with Gasteiger partial charge in [0.2, 0.25) is 5.91 Å². The fourth-order valence-electron chi connectivity index (χ4n) is 2.00. The SMILES string of the molecule is CC(O)CN(C)C(=O)C1CC[C](O)CC1. The molecule has 0 bridgehead atoms. The molecule has 4 nitrogen and oxygen atoms in total. The average Bonchev–Trinajstić information content (AvgIpc) is 2.17. The second-order valence-electron chi connectivity index (χ2n) is 4.41. The molecule has 1 amide bonds. The molecule has 1 aliphatic carbocycles. The highest BCUT2D eigenvalue weighted by Crippen LogP contribution is 2.29. The molecule has 0 aromatic heterocycles. The second kappa shape index (κ2) is 5.47. The summed E-state index contributed by atoms with van der Waals surface area (Å²) in [5.41, 5.74) is 0. The standard InChI is InChI=1S/C11H20NO3/c1-8(13)7-12(2)11(15)9-3-5-10(14)6-4-9/h8-9,13-14H,3-7H2,1-2H3. The van der Waals surface area contributed by atoms with Gasteiger partial charge in [0.15, 0.2) is 0 Å². The van der Waals surface area contributed by atoms with Crippen LogP contribution in [0.5, 0.6) is 0 Å². The molecule has 2 N–H and O–H groups in total. The predicted molar refractivity (Wildman–Crippen MR) is 56.5 cm³/mol. The highest BCUT2D eigenvalue weighted by molar-refractivity contribution is 5.78. The van der Waals surface area contributed by atoms with Crippen LogP contribution in [0.2, 0.25) is 0 Å². The van der Waals surface area contributed by atoms with Crippen LogP contribution in [0.15, 0.2) is 0 Å². The van der Waals surface area contributed by atoms with Crippen molar-refractivity contribution >= 4 is 5.91 Å². The van der Waals surface area contributed by atoms with E-state index in [2.05, 4.69) is 0 Å². The summed E-state index contributed by atoms with van der Waals surface area (Å²) >= 11 is 0. The van der Waals surface area contributed by atoms with Crippen LogP contribution in [0.4, 0.5) is 0 Å². The summed E-state index contributed by atoms with van der Waals surface area (Å²) in [5.74, 6) is 0.105. The summed E-state index contributed by atoms with van der Waals surface area (Å²) in [5, 5.41) is 18.4. The van der Waals surface area contributed by atoms with E-state index in [0.29, 0.717) is 25.5 Å². The Labute approximate surface area is 90.9 Å². The average molecular weight is 214 g/mol. The molecule has 0 spiro atoms. The van der Waals surface area contributed by atoms with Gasteiger partial charge in [0.05, 0.1) is 12.2 Å². The molecular formula is C11H20NO3. The lowest BCUT2D eigenvalue weighted by Crippen LogP contribution is -2.38. The first-order chi connectivity index (χ1) is 7.00. The highest BCUT2D eigenvalue weighted by Gasteiger charge is 2.27. The Bertz CT molecular complexity index is 210. The molecule has 0 heterocycles. The van der Waals surface area contributed by atoms with Crippen LogP contribution in [-0.4, -0.2) is 40.7 Å². The number of carbonyl (C=O) groups is 1. The summed E-state index contributed by atoms with van der Waals surface area (Å²) in [4.78, 5) is 13.4. The van der Waals surface area contributed by atoms with Gasteiger partial charge in [-0.2, -0.15) is 0 Å². The normalized spacial score (nSPS) is 21.3. The highest BCUT2D eigenvalue weighted by atomic mass is 16.3. The maximum absolute atomic E-state index is 11.9. The summed E-state index contributed by atoms with van der Waals surface area (Å²) in [6.07, 6.45) is 2.77. The van der Waals surface area contributed by atoms with Crippen LogP contribution < -0.4 is 0 Å². The molecule has 1 rings (SSSR count). The van der Waals surface area contributed by atoms with Crippen LogP contribution in [0.1, 0.15) is 32.6 Å². The predicted octanol–water partition coefficient (Wildman–Crippen LogP) is 0.920. The molecule has 1 fully saturated rings. The number of likely N-dealkylation sites (N-methyl/N-ethyl adjacent to an activating group) is 1. The third kappa shape index (κ3) is 3.80. The van der Waals surface area contributed by atoms with Crippen molar-refractivity contribution in [2.75, 3.05) is 13.6 Å². The van der Waals surface area contributed by atoms with Gasteiger partial charge in [-0.3, -0.25) is 4.79 Å². The zero-order valence-corrected chi connectivity index (χ0v) is 9.44. The van der Waals surface area contributed by atoms with Crippen molar-refractivity contribution in [3.05, 3.63) is 6.10 Å². The molecule has 1 radical (unpaired) electrons. The largest absolute Gasteiger partial charge is 0.392 e. The van der Waals surface area contributed by atoms with Crippen molar-refractivity contribution < 1.29 is 15.0 Å². The second-order valence-corrected chi connectivity index (χ2v) is 4.41. The van der Waals surface area contributed by atoms with Crippen LogP contribution in [0, 0.1) is 12.0 Å². The third-order valence-electron chi connectivity index (χ3n) is 2.83. The molecule has 0 aromatic carbocycles. The number of rotatable bonds is 3. The van der Waals surface area contributed by atoms with Crippen LogP contribution in [-0.2, 0) is 4.79 Å². The number of hydrogen-bond donors (Lipinski definition) is 2. The van der Waals surface area contributed by atoms with Gasteiger partial charge in [0, 0.05) is 19.5 Å². The van der Waals surface area contributed by atoms with E-state index < -0.39 is 6.10 Å². The van der Waals surface area contributed by atoms with Crippen LogP contribution in [0.25, 0.3) is 0 Å². The summed E-state index contributed by atoms with van der Waals surface area (Å²) in [6.45, 7) is 2.05. The van der Waals surface area contributed by atoms with E-state index in [0.717, 1.165) is 12.8 Å². The Morgan fingerprint density at radius 2 is 2.07 bits per heavy atom. The van der Waals surface area contributed by atoms with Gasteiger partial charge >= 0.3 is 0 Å². The summed E-state index contributed by atoms with van der Waals surface area (Å²) in [6, 6.07) is 0. The van der Waals surface area contributed by atoms with E-state index in [1.54, 1.807) is 18.9 Å². The minimum Gasteiger partial charge on any atom is -0.392 e. The zero-order chi connectivity index (χ0) is 11.4. The monoisotopic (exact) mass is 214 g/mol. The van der Waals surface area contributed by atoms with Gasteiger partial charge < -0.3 is 15.1 Å². The topological polar surface area (TPSA) is 60.8 Å². The van der Waals surface area contributed by atoms with Gasteiger partial charge in [-0.05, 0) is 32.6 Å². The van der Waals surface area contributed by atoms with Gasteiger partial charge in [0.25, 0.3) is 0 Å². The Morgan fingerprint density at radius 3 is 2.53 bits per heavy atom. The molecule has 15 heavy (non-hydrogen) atoms. The van der Waals surface area contributed by atoms with Gasteiger partial charge in [-0.15, -0.1) is 0 Å². The number of aliphatic hydroxyl groups excluding tert-OH is 2. The molecule has 0 aromatic rings. The molecule has 87 valence electrons. The van der Waals surface area contributed by atoms with Gasteiger partial charge in [-0.1, -0.05) is 0 Å². The number of carbonyl (C=O) groups excluding carboxylic acids is 1. The lowest BCUT2D eigenvalue weighted by atomic mass is 9.86. The molecular weight excluding hydrogens is 194 g/mol. The first-order valence-corrected chi connectivity index (χ1v) is 5.47. The fraction of sp³-hybridized carbons (Fsp3) is 0.818. The molecule has 1 saturated carbocycles.